The topological polar surface area (TPSA) is 6.48 Å². The Kier molecular flexibility index (Phi) is 2.89. The predicted octanol–water partition coefficient (Wildman–Crippen LogP) is 1.42. The Balaban J connectivity index is 1.90. The maximum atomic E-state index is 2.71. The van der Waals surface area contributed by atoms with Crippen LogP contribution in [-0.4, -0.2) is 48.6 Å². The standard InChI is InChI=1S/C11H22N2/c1-3-10-7-11-9-12(4-2)5-6-13(11)8-10/h10-11H,3-9H2,1-2H3. The molecular formula is C11H22N2. The summed E-state index contributed by atoms with van der Waals surface area (Å²) in [6.45, 7) is 11.2. The summed E-state index contributed by atoms with van der Waals surface area (Å²) in [5.74, 6) is 0.988. The van der Waals surface area contributed by atoms with Crippen molar-refractivity contribution in [2.45, 2.75) is 32.7 Å². The highest BCUT2D eigenvalue weighted by Crippen LogP contribution is 2.27. The maximum Gasteiger partial charge on any atom is 0.0226 e. The van der Waals surface area contributed by atoms with Gasteiger partial charge in [0.1, 0.15) is 0 Å². The van der Waals surface area contributed by atoms with Gasteiger partial charge in [-0.25, -0.2) is 0 Å². The van der Waals surface area contributed by atoms with Crippen LogP contribution in [0.1, 0.15) is 26.7 Å². The van der Waals surface area contributed by atoms with E-state index in [1.165, 1.54) is 45.6 Å². The zero-order chi connectivity index (χ0) is 9.26. The second-order valence-electron chi connectivity index (χ2n) is 4.55. The monoisotopic (exact) mass is 182 g/mol. The van der Waals surface area contributed by atoms with Crippen LogP contribution in [0.3, 0.4) is 0 Å². The summed E-state index contributed by atoms with van der Waals surface area (Å²) in [5, 5.41) is 0. The average molecular weight is 182 g/mol. The highest BCUT2D eigenvalue weighted by Gasteiger charge is 2.34. The van der Waals surface area contributed by atoms with E-state index in [0.717, 1.165) is 12.0 Å². The van der Waals surface area contributed by atoms with Gasteiger partial charge in [-0.15, -0.1) is 0 Å². The Morgan fingerprint density at radius 1 is 1.15 bits per heavy atom. The van der Waals surface area contributed by atoms with Gasteiger partial charge in [-0.3, -0.25) is 4.90 Å². The van der Waals surface area contributed by atoms with Crippen molar-refractivity contribution in [1.82, 2.24) is 9.80 Å². The smallest absolute Gasteiger partial charge is 0.0226 e. The fourth-order valence-electron chi connectivity index (χ4n) is 2.80. The van der Waals surface area contributed by atoms with Crippen molar-refractivity contribution < 1.29 is 0 Å². The Hall–Kier alpha value is -0.0800. The quantitative estimate of drug-likeness (QED) is 0.637. The van der Waals surface area contributed by atoms with Crippen LogP contribution in [0.15, 0.2) is 0 Å². The number of fused-ring (bicyclic) bond motifs is 1. The second-order valence-corrected chi connectivity index (χ2v) is 4.55. The lowest BCUT2D eigenvalue weighted by atomic mass is 10.0. The Labute approximate surface area is 81.9 Å². The summed E-state index contributed by atoms with van der Waals surface area (Å²) in [4.78, 5) is 5.31. The van der Waals surface area contributed by atoms with Crippen LogP contribution in [-0.2, 0) is 0 Å². The van der Waals surface area contributed by atoms with Gasteiger partial charge in [0.2, 0.25) is 0 Å². The molecule has 0 aromatic rings. The molecule has 2 unspecified atom stereocenters. The van der Waals surface area contributed by atoms with Crippen LogP contribution in [0, 0.1) is 5.92 Å². The van der Waals surface area contributed by atoms with Crippen molar-refractivity contribution in [1.29, 1.82) is 0 Å². The number of hydrogen-bond donors (Lipinski definition) is 0. The van der Waals surface area contributed by atoms with E-state index in [1.54, 1.807) is 0 Å². The van der Waals surface area contributed by atoms with Crippen LogP contribution < -0.4 is 0 Å². The van der Waals surface area contributed by atoms with Crippen molar-refractivity contribution in [2.24, 2.45) is 5.92 Å². The lowest BCUT2D eigenvalue weighted by Gasteiger charge is -2.36. The fourth-order valence-corrected chi connectivity index (χ4v) is 2.80. The molecule has 2 saturated heterocycles. The minimum absolute atomic E-state index is 0.888. The van der Waals surface area contributed by atoms with E-state index in [9.17, 15) is 0 Å². The molecular weight excluding hydrogens is 160 g/mol. The van der Waals surface area contributed by atoms with E-state index in [-0.39, 0.29) is 0 Å². The zero-order valence-electron chi connectivity index (χ0n) is 9.00. The molecule has 2 heteroatoms. The molecule has 0 saturated carbocycles. The zero-order valence-corrected chi connectivity index (χ0v) is 9.00. The van der Waals surface area contributed by atoms with Crippen LogP contribution in [0.2, 0.25) is 0 Å². The molecule has 2 rings (SSSR count). The lowest BCUT2D eigenvalue weighted by molar-refractivity contribution is 0.108. The first-order chi connectivity index (χ1) is 6.33. The second kappa shape index (κ2) is 3.97. The number of rotatable bonds is 2. The van der Waals surface area contributed by atoms with Crippen molar-refractivity contribution in [3.8, 4) is 0 Å². The molecule has 0 spiro atoms. The van der Waals surface area contributed by atoms with E-state index < -0.39 is 0 Å². The Morgan fingerprint density at radius 3 is 2.69 bits per heavy atom. The fraction of sp³-hybridized carbons (Fsp3) is 1.00. The number of likely N-dealkylation sites (N-methyl/N-ethyl adjacent to an activating group) is 1. The molecule has 0 radical (unpaired) electrons. The van der Waals surface area contributed by atoms with E-state index in [4.69, 9.17) is 0 Å². The highest BCUT2D eigenvalue weighted by molar-refractivity contribution is 4.90. The first-order valence-electron chi connectivity index (χ1n) is 5.79. The van der Waals surface area contributed by atoms with Gasteiger partial charge in [0, 0.05) is 32.2 Å². The van der Waals surface area contributed by atoms with Gasteiger partial charge in [0.05, 0.1) is 0 Å². The Bertz CT molecular complexity index is 167. The minimum atomic E-state index is 0.888. The molecule has 2 heterocycles. The van der Waals surface area contributed by atoms with Crippen LogP contribution in [0.5, 0.6) is 0 Å². The molecule has 2 fully saturated rings. The molecule has 13 heavy (non-hydrogen) atoms. The SMILES string of the molecule is CCC1CC2CN(CC)CCN2C1. The molecule has 0 N–H and O–H groups in total. The summed E-state index contributed by atoms with van der Waals surface area (Å²) in [7, 11) is 0. The number of nitrogens with zero attached hydrogens (tertiary/aromatic N) is 2. The van der Waals surface area contributed by atoms with Gasteiger partial charge < -0.3 is 4.90 Å². The minimum Gasteiger partial charge on any atom is -0.301 e. The van der Waals surface area contributed by atoms with Gasteiger partial charge in [0.15, 0.2) is 0 Å². The van der Waals surface area contributed by atoms with E-state index in [0.29, 0.717) is 0 Å². The predicted molar refractivity (Wildman–Crippen MR) is 55.9 cm³/mol. The summed E-state index contributed by atoms with van der Waals surface area (Å²) in [6, 6.07) is 0.888. The third-order valence-corrected chi connectivity index (χ3v) is 3.81. The van der Waals surface area contributed by atoms with Crippen molar-refractivity contribution in [3.05, 3.63) is 0 Å². The highest BCUT2D eigenvalue weighted by atomic mass is 15.3. The van der Waals surface area contributed by atoms with Gasteiger partial charge >= 0.3 is 0 Å². The van der Waals surface area contributed by atoms with Crippen LogP contribution >= 0.6 is 0 Å². The molecule has 0 aliphatic carbocycles. The summed E-state index contributed by atoms with van der Waals surface area (Å²) >= 11 is 0. The molecule has 0 bridgehead atoms. The first-order valence-corrected chi connectivity index (χ1v) is 5.79. The van der Waals surface area contributed by atoms with E-state index in [1.807, 2.05) is 0 Å². The summed E-state index contributed by atoms with van der Waals surface area (Å²) in [6.07, 6.45) is 2.83. The van der Waals surface area contributed by atoms with Crippen LogP contribution in [0.4, 0.5) is 0 Å². The average Bonchev–Trinajstić information content (AvgIpc) is 2.58. The van der Waals surface area contributed by atoms with Gasteiger partial charge in [-0.1, -0.05) is 20.3 Å². The lowest BCUT2D eigenvalue weighted by Crippen LogP contribution is -2.49. The van der Waals surface area contributed by atoms with Crippen LogP contribution in [0.25, 0.3) is 0 Å². The summed E-state index contributed by atoms with van der Waals surface area (Å²) in [5.41, 5.74) is 0. The molecule has 0 amide bonds. The largest absolute Gasteiger partial charge is 0.301 e. The molecule has 2 nitrogen and oxygen atoms in total. The van der Waals surface area contributed by atoms with Crippen molar-refractivity contribution in [3.63, 3.8) is 0 Å². The maximum absolute atomic E-state index is 2.71. The third-order valence-electron chi connectivity index (χ3n) is 3.81. The molecule has 2 aliphatic rings. The first kappa shape index (κ1) is 9.47. The Morgan fingerprint density at radius 2 is 2.00 bits per heavy atom. The van der Waals surface area contributed by atoms with Gasteiger partial charge in [0.25, 0.3) is 0 Å². The molecule has 0 aromatic heterocycles. The molecule has 2 atom stereocenters. The molecule has 2 aliphatic heterocycles. The van der Waals surface area contributed by atoms with E-state index in [2.05, 4.69) is 23.6 Å². The van der Waals surface area contributed by atoms with Crippen molar-refractivity contribution >= 4 is 0 Å². The van der Waals surface area contributed by atoms with E-state index >= 15 is 0 Å². The number of hydrogen-bond acceptors (Lipinski definition) is 2. The summed E-state index contributed by atoms with van der Waals surface area (Å²) < 4.78 is 0. The van der Waals surface area contributed by atoms with Crippen molar-refractivity contribution in [2.75, 3.05) is 32.7 Å². The van der Waals surface area contributed by atoms with Gasteiger partial charge in [-0.05, 0) is 18.9 Å². The van der Waals surface area contributed by atoms with Gasteiger partial charge in [-0.2, -0.15) is 0 Å². The third kappa shape index (κ3) is 1.89. The molecule has 0 aromatic carbocycles. The molecule has 76 valence electrons. The normalized spacial score (nSPS) is 36.5. The number of piperazine rings is 1.